The molecule has 9 nitrogen and oxygen atoms in total. The average molecular weight is 670 g/mol. The number of anilines is 2. The molecule has 9 heteroatoms. The number of para-hydroxylation sites is 3. The van der Waals surface area contributed by atoms with E-state index in [0.717, 1.165) is 41.1 Å². The van der Waals surface area contributed by atoms with E-state index in [4.69, 9.17) is 15.2 Å². The number of hydrazine groups is 1. The molecule has 0 atom stereocenters. The summed E-state index contributed by atoms with van der Waals surface area (Å²) < 4.78 is 11.6. The number of methoxy groups -OCH3 is 1. The topological polar surface area (TPSA) is 100 Å². The molecule has 0 bridgehead atoms. The molecular formula is C41H43N5O4. The second-order valence-corrected chi connectivity index (χ2v) is 12.2. The number of carbonyl (C=O) groups is 2. The number of piperazine rings is 1. The molecule has 1 aliphatic heterocycles. The third-order valence-corrected chi connectivity index (χ3v) is 8.79. The molecule has 256 valence electrons. The molecule has 5 aromatic carbocycles. The number of nitrogens with two attached hydrogens (primary N) is 1. The van der Waals surface area contributed by atoms with Crippen molar-refractivity contribution in [1.82, 2.24) is 10.4 Å². The summed E-state index contributed by atoms with van der Waals surface area (Å²) in [5.74, 6) is 1.60. The Kier molecular flexibility index (Phi) is 11.4. The maximum absolute atomic E-state index is 14.0. The number of benzene rings is 5. The summed E-state index contributed by atoms with van der Waals surface area (Å²) in [6.07, 6.45) is 0.100. The Morgan fingerprint density at radius 2 is 1.40 bits per heavy atom. The summed E-state index contributed by atoms with van der Waals surface area (Å²) in [5, 5.41) is 1.94. The molecule has 0 aliphatic carbocycles. The van der Waals surface area contributed by atoms with Gasteiger partial charge in [-0.15, -0.1) is 0 Å². The molecule has 0 aromatic heterocycles. The van der Waals surface area contributed by atoms with Crippen LogP contribution in [0, 0.1) is 0 Å². The van der Waals surface area contributed by atoms with Gasteiger partial charge in [-0.1, -0.05) is 78.9 Å². The fraction of sp³-hybridized carbons (Fsp3) is 0.220. The van der Waals surface area contributed by atoms with E-state index < -0.39 is 0 Å². The minimum Gasteiger partial charge on any atom is -0.497 e. The van der Waals surface area contributed by atoms with Gasteiger partial charge in [-0.2, -0.15) is 0 Å². The number of nitrogens with zero attached hydrogens (tertiary/aromatic N) is 3. The standard InChI is InChI=1S/C41H43N5O4/c1-49-36-20-18-34(19-21-36)33-16-14-31(15-17-33)30-46(38-12-5-6-13-39(38)50-37-11-7-8-32(28-37)29-42)41(48)23-22-40(47)43-45-26-24-44(25-27-45)35-9-3-2-4-10-35/h2-21,28H,22-27,29-30,42H2,1H3,(H,43,47). The molecular weight excluding hydrogens is 626 g/mol. The van der Waals surface area contributed by atoms with Gasteiger partial charge in [0, 0.05) is 51.3 Å². The van der Waals surface area contributed by atoms with E-state index in [1.807, 2.05) is 120 Å². The second kappa shape index (κ2) is 16.6. The highest BCUT2D eigenvalue weighted by Gasteiger charge is 2.23. The fourth-order valence-corrected chi connectivity index (χ4v) is 6.01. The summed E-state index contributed by atoms with van der Waals surface area (Å²) in [6, 6.07) is 41.4. The van der Waals surface area contributed by atoms with Gasteiger partial charge in [0.05, 0.1) is 19.3 Å². The maximum Gasteiger partial charge on any atom is 0.234 e. The van der Waals surface area contributed by atoms with Crippen molar-refractivity contribution in [2.45, 2.75) is 25.9 Å². The van der Waals surface area contributed by atoms with E-state index in [-0.39, 0.29) is 24.7 Å². The lowest BCUT2D eigenvalue weighted by atomic mass is 10.0. The highest BCUT2D eigenvalue weighted by molar-refractivity contribution is 5.96. The first-order valence-corrected chi connectivity index (χ1v) is 16.9. The zero-order chi connectivity index (χ0) is 34.7. The van der Waals surface area contributed by atoms with Crippen LogP contribution in [0.2, 0.25) is 0 Å². The Bertz CT molecular complexity index is 1860. The smallest absolute Gasteiger partial charge is 0.234 e. The molecule has 6 rings (SSSR count). The van der Waals surface area contributed by atoms with Crippen LogP contribution < -0.4 is 30.4 Å². The molecule has 5 aromatic rings. The van der Waals surface area contributed by atoms with Crippen LogP contribution in [0.5, 0.6) is 17.2 Å². The Hall–Kier alpha value is -5.64. The monoisotopic (exact) mass is 669 g/mol. The number of hydrogen-bond donors (Lipinski definition) is 2. The molecule has 1 saturated heterocycles. The van der Waals surface area contributed by atoms with Gasteiger partial charge >= 0.3 is 0 Å². The van der Waals surface area contributed by atoms with Gasteiger partial charge in [0.25, 0.3) is 0 Å². The molecule has 2 amide bonds. The van der Waals surface area contributed by atoms with Crippen molar-refractivity contribution >= 4 is 23.2 Å². The van der Waals surface area contributed by atoms with Gasteiger partial charge in [-0.3, -0.25) is 15.0 Å². The summed E-state index contributed by atoms with van der Waals surface area (Å²) in [7, 11) is 1.65. The van der Waals surface area contributed by atoms with Crippen LogP contribution in [-0.4, -0.2) is 50.1 Å². The molecule has 50 heavy (non-hydrogen) atoms. The molecule has 1 heterocycles. The van der Waals surface area contributed by atoms with Crippen LogP contribution in [-0.2, 0) is 22.7 Å². The first kappa shape index (κ1) is 34.2. The number of ether oxygens (including phenoxy) is 2. The first-order valence-electron chi connectivity index (χ1n) is 16.9. The summed E-state index contributed by atoms with van der Waals surface area (Å²) in [5.41, 5.74) is 14.7. The summed E-state index contributed by atoms with van der Waals surface area (Å²) in [4.78, 5) is 31.1. The summed E-state index contributed by atoms with van der Waals surface area (Å²) in [6.45, 7) is 3.69. The molecule has 0 radical (unpaired) electrons. The van der Waals surface area contributed by atoms with Gasteiger partial charge in [-0.05, 0) is 70.8 Å². The number of rotatable bonds is 13. The zero-order valence-electron chi connectivity index (χ0n) is 28.3. The van der Waals surface area contributed by atoms with Crippen molar-refractivity contribution in [3.05, 3.63) is 139 Å². The fourth-order valence-electron chi connectivity index (χ4n) is 6.01. The molecule has 0 unspecified atom stereocenters. The first-order chi connectivity index (χ1) is 24.5. The minimum absolute atomic E-state index is 0.0384. The van der Waals surface area contributed by atoms with Crippen molar-refractivity contribution in [1.29, 1.82) is 0 Å². The zero-order valence-corrected chi connectivity index (χ0v) is 28.3. The number of hydrogen-bond acceptors (Lipinski definition) is 7. The van der Waals surface area contributed by atoms with Gasteiger partial charge in [0.15, 0.2) is 5.75 Å². The van der Waals surface area contributed by atoms with Crippen molar-refractivity contribution < 1.29 is 19.1 Å². The van der Waals surface area contributed by atoms with E-state index in [0.29, 0.717) is 43.4 Å². The van der Waals surface area contributed by atoms with Crippen LogP contribution in [0.3, 0.4) is 0 Å². The Morgan fingerprint density at radius 3 is 2.10 bits per heavy atom. The lowest BCUT2D eigenvalue weighted by molar-refractivity contribution is -0.128. The Labute approximate surface area is 293 Å². The molecule has 1 aliphatic rings. The van der Waals surface area contributed by atoms with Gasteiger partial charge in [-0.25, -0.2) is 5.01 Å². The van der Waals surface area contributed by atoms with E-state index >= 15 is 0 Å². The lowest BCUT2D eigenvalue weighted by Crippen LogP contribution is -2.53. The highest BCUT2D eigenvalue weighted by Crippen LogP contribution is 2.34. The van der Waals surface area contributed by atoms with Crippen LogP contribution in [0.1, 0.15) is 24.0 Å². The van der Waals surface area contributed by atoms with E-state index in [2.05, 4.69) is 22.5 Å². The van der Waals surface area contributed by atoms with Crippen LogP contribution in [0.25, 0.3) is 11.1 Å². The van der Waals surface area contributed by atoms with Gasteiger partial charge in [0.2, 0.25) is 11.8 Å². The SMILES string of the molecule is COc1ccc(-c2ccc(CN(C(=O)CCC(=O)NN3CCN(c4ccccc4)CC3)c3ccccc3Oc3cccc(CN)c3)cc2)cc1. The van der Waals surface area contributed by atoms with Crippen molar-refractivity contribution in [2.24, 2.45) is 5.73 Å². The number of carbonyl (C=O) groups excluding carboxylic acids is 2. The maximum atomic E-state index is 14.0. The van der Waals surface area contributed by atoms with Crippen molar-refractivity contribution in [3.8, 4) is 28.4 Å². The average Bonchev–Trinajstić information content (AvgIpc) is 3.17. The van der Waals surface area contributed by atoms with Crippen molar-refractivity contribution in [3.63, 3.8) is 0 Å². The normalized spacial score (nSPS) is 13.0. The third-order valence-electron chi connectivity index (χ3n) is 8.79. The van der Waals surface area contributed by atoms with E-state index in [1.54, 1.807) is 12.0 Å². The van der Waals surface area contributed by atoms with Gasteiger partial charge in [0.1, 0.15) is 11.5 Å². The lowest BCUT2D eigenvalue weighted by Gasteiger charge is -2.36. The molecule has 0 spiro atoms. The quantitative estimate of drug-likeness (QED) is 0.143. The van der Waals surface area contributed by atoms with Crippen LogP contribution >= 0.6 is 0 Å². The number of amides is 2. The van der Waals surface area contributed by atoms with Crippen molar-refractivity contribution in [2.75, 3.05) is 43.1 Å². The predicted octanol–water partition coefficient (Wildman–Crippen LogP) is 6.78. The van der Waals surface area contributed by atoms with Gasteiger partial charge < -0.3 is 25.0 Å². The number of nitrogens with one attached hydrogen (secondary N) is 1. The summed E-state index contributed by atoms with van der Waals surface area (Å²) >= 11 is 0. The highest BCUT2D eigenvalue weighted by atomic mass is 16.5. The van der Waals surface area contributed by atoms with E-state index in [1.165, 1.54) is 5.69 Å². The van der Waals surface area contributed by atoms with Crippen LogP contribution in [0.4, 0.5) is 11.4 Å². The molecule has 1 fully saturated rings. The predicted molar refractivity (Wildman–Crippen MR) is 198 cm³/mol. The Morgan fingerprint density at radius 1 is 0.720 bits per heavy atom. The second-order valence-electron chi connectivity index (χ2n) is 12.2. The largest absolute Gasteiger partial charge is 0.497 e. The van der Waals surface area contributed by atoms with E-state index in [9.17, 15) is 9.59 Å². The minimum atomic E-state index is -0.182. The molecule has 3 N–H and O–H groups in total. The third kappa shape index (κ3) is 8.87. The Balaban J connectivity index is 1.16. The van der Waals surface area contributed by atoms with Crippen LogP contribution in [0.15, 0.2) is 127 Å². The molecule has 0 saturated carbocycles.